The van der Waals surface area contributed by atoms with Crippen LogP contribution in [0.25, 0.3) is 39.5 Å². The van der Waals surface area contributed by atoms with Crippen molar-refractivity contribution in [2.45, 2.75) is 26.8 Å². The van der Waals surface area contributed by atoms with Gasteiger partial charge < -0.3 is 0 Å². The molecule has 0 fully saturated rings. The van der Waals surface area contributed by atoms with Crippen molar-refractivity contribution in [1.29, 1.82) is 0 Å². The molecule has 0 unspecified atom stereocenters. The van der Waals surface area contributed by atoms with Crippen LogP contribution in [-0.2, 0) is 13.0 Å². The van der Waals surface area contributed by atoms with Crippen LogP contribution in [0.2, 0.25) is 0 Å². The summed E-state index contributed by atoms with van der Waals surface area (Å²) >= 11 is 0. The zero-order valence-corrected chi connectivity index (χ0v) is 19.6. The van der Waals surface area contributed by atoms with Gasteiger partial charge in [0.25, 0.3) is 0 Å². The number of benzene rings is 3. The van der Waals surface area contributed by atoms with E-state index in [0.29, 0.717) is 12.4 Å². The first-order valence-electron chi connectivity index (χ1n) is 11.7. The summed E-state index contributed by atoms with van der Waals surface area (Å²) in [5.74, 6) is 2.54. The van der Waals surface area contributed by atoms with E-state index in [4.69, 9.17) is 10.1 Å². The highest BCUT2D eigenvalue weighted by molar-refractivity contribution is 5.80. The molecule has 0 bridgehead atoms. The highest BCUT2D eigenvalue weighted by atomic mass is 15.5. The number of imidazole rings is 1. The van der Waals surface area contributed by atoms with Gasteiger partial charge >= 0.3 is 0 Å². The third kappa shape index (κ3) is 3.69. The Bertz CT molecular complexity index is 1590. The van der Waals surface area contributed by atoms with Crippen molar-refractivity contribution >= 4 is 5.78 Å². The van der Waals surface area contributed by atoms with Crippen LogP contribution in [0, 0.1) is 6.92 Å². The number of aromatic amines is 1. The van der Waals surface area contributed by atoms with Gasteiger partial charge in [0.2, 0.25) is 5.78 Å². The van der Waals surface area contributed by atoms with Crippen molar-refractivity contribution in [2.75, 3.05) is 0 Å². The molecular formula is C27H24N8. The monoisotopic (exact) mass is 460 g/mol. The largest absolute Gasteiger partial charge is 0.292 e. The maximum atomic E-state index is 4.99. The van der Waals surface area contributed by atoms with E-state index >= 15 is 0 Å². The van der Waals surface area contributed by atoms with Crippen LogP contribution in [0.3, 0.4) is 0 Å². The molecule has 1 N–H and O–H groups in total. The molecule has 0 atom stereocenters. The van der Waals surface area contributed by atoms with E-state index in [-0.39, 0.29) is 0 Å². The minimum Gasteiger partial charge on any atom is -0.292 e. The average Bonchev–Trinajstić information content (AvgIpc) is 3.63. The van der Waals surface area contributed by atoms with Gasteiger partial charge in [0.1, 0.15) is 5.82 Å². The summed E-state index contributed by atoms with van der Waals surface area (Å²) in [5.41, 5.74) is 7.46. The molecule has 8 nitrogen and oxygen atoms in total. The summed E-state index contributed by atoms with van der Waals surface area (Å²) in [6, 6.07) is 27.0. The molecule has 0 spiro atoms. The molecule has 0 aliphatic rings. The first kappa shape index (κ1) is 21.0. The van der Waals surface area contributed by atoms with E-state index < -0.39 is 0 Å². The third-order valence-corrected chi connectivity index (χ3v) is 6.33. The van der Waals surface area contributed by atoms with E-state index in [9.17, 15) is 0 Å². The lowest BCUT2D eigenvalue weighted by Gasteiger charge is -2.10. The summed E-state index contributed by atoms with van der Waals surface area (Å²) in [5, 5.41) is 19.3. The second-order valence-corrected chi connectivity index (χ2v) is 8.47. The van der Waals surface area contributed by atoms with Gasteiger partial charge in [-0.3, -0.25) is 4.57 Å². The predicted molar refractivity (Wildman–Crippen MR) is 135 cm³/mol. The molecule has 0 saturated heterocycles. The Balaban J connectivity index is 1.35. The number of fused-ring (bicyclic) bond motifs is 1. The minimum absolute atomic E-state index is 0.655. The average molecular weight is 461 g/mol. The summed E-state index contributed by atoms with van der Waals surface area (Å²) < 4.78 is 4.18. The Morgan fingerprint density at radius 2 is 1.57 bits per heavy atom. The van der Waals surface area contributed by atoms with E-state index in [0.717, 1.165) is 51.7 Å². The lowest BCUT2D eigenvalue weighted by Crippen LogP contribution is -2.05. The fraction of sp³-hybridized carbons (Fsp3) is 0.148. The van der Waals surface area contributed by atoms with Crippen LogP contribution in [-0.4, -0.2) is 39.8 Å². The number of nitrogens with zero attached hydrogens (tertiary/aromatic N) is 7. The molecule has 3 aromatic heterocycles. The van der Waals surface area contributed by atoms with E-state index in [2.05, 4.69) is 81.5 Å². The number of H-pyrrole nitrogens is 1. The number of hydrogen-bond acceptors (Lipinski definition) is 5. The van der Waals surface area contributed by atoms with E-state index in [1.165, 1.54) is 5.56 Å². The zero-order valence-electron chi connectivity index (χ0n) is 19.6. The molecule has 172 valence electrons. The summed E-state index contributed by atoms with van der Waals surface area (Å²) in [6.07, 6.45) is 0.833. The SMILES string of the molecule is CCc1nn2c(C)c(-c3ccccc3)nc2n1Cc1ccc(-c2ccccc2-c2nnn[nH]2)cc1. The first-order chi connectivity index (χ1) is 17.2. The quantitative estimate of drug-likeness (QED) is 0.379. The molecule has 0 amide bonds. The molecule has 0 saturated carbocycles. The fourth-order valence-corrected chi connectivity index (χ4v) is 4.54. The van der Waals surface area contributed by atoms with Gasteiger partial charge in [-0.05, 0) is 34.0 Å². The summed E-state index contributed by atoms with van der Waals surface area (Å²) in [4.78, 5) is 4.99. The summed E-state index contributed by atoms with van der Waals surface area (Å²) in [6.45, 7) is 4.91. The number of hydrogen-bond donors (Lipinski definition) is 1. The first-order valence-corrected chi connectivity index (χ1v) is 11.7. The predicted octanol–water partition coefficient (Wildman–Crippen LogP) is 4.96. The lowest BCUT2D eigenvalue weighted by atomic mass is 9.98. The van der Waals surface area contributed by atoms with Crippen LogP contribution in [0.4, 0.5) is 0 Å². The van der Waals surface area contributed by atoms with Crippen LogP contribution in [0.15, 0.2) is 78.9 Å². The third-order valence-electron chi connectivity index (χ3n) is 6.33. The molecule has 35 heavy (non-hydrogen) atoms. The molecule has 6 rings (SSSR count). The van der Waals surface area contributed by atoms with E-state index in [1.807, 2.05) is 40.9 Å². The molecule has 3 aromatic carbocycles. The maximum Gasteiger partial charge on any atom is 0.233 e. The number of tetrazole rings is 1. The van der Waals surface area contributed by atoms with Gasteiger partial charge in [0, 0.05) is 17.5 Å². The number of aromatic nitrogens is 8. The minimum atomic E-state index is 0.655. The van der Waals surface area contributed by atoms with Gasteiger partial charge in [-0.25, -0.2) is 14.6 Å². The smallest absolute Gasteiger partial charge is 0.233 e. The zero-order chi connectivity index (χ0) is 23.8. The van der Waals surface area contributed by atoms with Crippen molar-refractivity contribution in [3.8, 4) is 33.8 Å². The standard InChI is InChI=1S/C27H24N8/c1-3-24-31-35-18(2)25(21-9-5-4-6-10-21)28-27(35)34(24)17-19-13-15-20(16-14-19)22-11-7-8-12-23(22)26-29-32-33-30-26/h4-16H,3,17H2,1-2H3,(H,29,30,32,33). The Kier molecular flexibility index (Phi) is 5.18. The molecule has 0 radical (unpaired) electrons. The van der Waals surface area contributed by atoms with Gasteiger partial charge in [0.05, 0.1) is 17.9 Å². The maximum absolute atomic E-state index is 4.99. The normalized spacial score (nSPS) is 11.4. The molecule has 3 heterocycles. The second-order valence-electron chi connectivity index (χ2n) is 8.47. The Labute approximate surface area is 202 Å². The Morgan fingerprint density at radius 3 is 2.29 bits per heavy atom. The van der Waals surface area contributed by atoms with Crippen molar-refractivity contribution in [3.63, 3.8) is 0 Å². The van der Waals surface area contributed by atoms with Crippen molar-refractivity contribution in [2.24, 2.45) is 0 Å². The van der Waals surface area contributed by atoms with Crippen LogP contribution >= 0.6 is 0 Å². The van der Waals surface area contributed by atoms with Crippen molar-refractivity contribution in [3.05, 3.63) is 95.9 Å². The van der Waals surface area contributed by atoms with Crippen LogP contribution in [0.5, 0.6) is 0 Å². The van der Waals surface area contributed by atoms with Crippen molar-refractivity contribution in [1.82, 2.24) is 39.8 Å². The van der Waals surface area contributed by atoms with Crippen molar-refractivity contribution < 1.29 is 0 Å². The molecule has 0 aliphatic carbocycles. The van der Waals surface area contributed by atoms with Crippen LogP contribution < -0.4 is 0 Å². The number of nitrogens with one attached hydrogen (secondary N) is 1. The molecular weight excluding hydrogens is 436 g/mol. The fourth-order valence-electron chi connectivity index (χ4n) is 4.54. The lowest BCUT2D eigenvalue weighted by molar-refractivity contribution is 0.743. The molecule has 6 aromatic rings. The highest BCUT2D eigenvalue weighted by Crippen LogP contribution is 2.30. The number of aryl methyl sites for hydroxylation is 2. The van der Waals surface area contributed by atoms with Gasteiger partial charge in [-0.15, -0.1) is 5.10 Å². The molecule has 0 aliphatic heterocycles. The van der Waals surface area contributed by atoms with Crippen LogP contribution in [0.1, 0.15) is 24.0 Å². The van der Waals surface area contributed by atoms with Gasteiger partial charge in [0.15, 0.2) is 5.82 Å². The second kappa shape index (κ2) is 8.64. The van der Waals surface area contributed by atoms with Gasteiger partial charge in [-0.1, -0.05) is 85.8 Å². The highest BCUT2D eigenvalue weighted by Gasteiger charge is 2.18. The van der Waals surface area contributed by atoms with Gasteiger partial charge in [-0.2, -0.15) is 5.10 Å². The number of rotatable bonds is 6. The Hall–Kier alpha value is -4.59. The Morgan fingerprint density at radius 1 is 0.829 bits per heavy atom. The molecule has 8 heteroatoms. The van der Waals surface area contributed by atoms with E-state index in [1.54, 1.807) is 0 Å². The topological polar surface area (TPSA) is 89.6 Å². The summed E-state index contributed by atoms with van der Waals surface area (Å²) in [7, 11) is 0.